The maximum Gasteiger partial charge on any atom is 0.267 e. The van der Waals surface area contributed by atoms with Crippen molar-refractivity contribution in [3.05, 3.63) is 58.8 Å². The zero-order valence-electron chi connectivity index (χ0n) is 12.8. The minimum atomic E-state index is -0.270. The number of hydrogen-bond acceptors (Lipinski definition) is 4. The lowest BCUT2D eigenvalue weighted by molar-refractivity contribution is -0.119. The number of carbonyl (C=O) groups excluding carboxylic acids is 2. The minimum absolute atomic E-state index is 0.124. The molecule has 122 valence electrons. The maximum atomic E-state index is 12.3. The number of nitrogens with one attached hydrogen (secondary N) is 1. The molecular weight excluding hydrogens is 372 g/mol. The van der Waals surface area contributed by atoms with E-state index in [0.717, 1.165) is 10.0 Å². The molecule has 1 aromatic heterocycles. The van der Waals surface area contributed by atoms with E-state index in [-0.39, 0.29) is 18.2 Å². The maximum absolute atomic E-state index is 12.3. The number of carbonyl (C=O) groups is 2. The predicted molar refractivity (Wildman–Crippen MR) is 94.4 cm³/mol. The lowest BCUT2D eigenvalue weighted by atomic mass is 10.1. The summed E-state index contributed by atoms with van der Waals surface area (Å²) >= 11 is 3.35. The molecule has 0 unspecified atom stereocenters. The number of halogens is 1. The molecule has 0 radical (unpaired) electrons. The summed E-state index contributed by atoms with van der Waals surface area (Å²) < 4.78 is 0.911. The first-order valence-corrected chi connectivity index (χ1v) is 8.26. The van der Waals surface area contributed by atoms with Crippen molar-refractivity contribution in [2.24, 2.45) is 5.10 Å². The molecule has 2 heterocycles. The van der Waals surface area contributed by atoms with E-state index in [0.29, 0.717) is 24.4 Å². The van der Waals surface area contributed by atoms with E-state index in [4.69, 9.17) is 0 Å². The van der Waals surface area contributed by atoms with Crippen LogP contribution in [0.15, 0.2) is 58.4 Å². The van der Waals surface area contributed by atoms with E-state index in [1.165, 1.54) is 5.01 Å². The Morgan fingerprint density at radius 1 is 1.21 bits per heavy atom. The van der Waals surface area contributed by atoms with Gasteiger partial charge in [-0.3, -0.25) is 14.6 Å². The molecule has 2 amide bonds. The van der Waals surface area contributed by atoms with Crippen molar-refractivity contribution in [1.29, 1.82) is 0 Å². The highest BCUT2D eigenvalue weighted by atomic mass is 79.9. The average molecular weight is 387 g/mol. The summed E-state index contributed by atoms with van der Waals surface area (Å²) in [6.45, 7) is 0.373. The van der Waals surface area contributed by atoms with Gasteiger partial charge in [0.15, 0.2) is 0 Å². The van der Waals surface area contributed by atoms with Crippen molar-refractivity contribution in [3.8, 4) is 0 Å². The van der Waals surface area contributed by atoms with Crippen LogP contribution in [0.5, 0.6) is 0 Å². The summed E-state index contributed by atoms with van der Waals surface area (Å²) in [6, 6.07) is 10.9. The van der Waals surface area contributed by atoms with E-state index in [1.807, 2.05) is 24.3 Å². The van der Waals surface area contributed by atoms with Crippen LogP contribution in [0.25, 0.3) is 0 Å². The lowest BCUT2D eigenvalue weighted by Gasteiger charge is -2.23. The van der Waals surface area contributed by atoms with Crippen LogP contribution in [0.4, 0.5) is 5.69 Å². The summed E-state index contributed by atoms with van der Waals surface area (Å²) in [6.07, 6.45) is 3.97. The van der Waals surface area contributed by atoms with Gasteiger partial charge < -0.3 is 5.32 Å². The topological polar surface area (TPSA) is 74.7 Å². The number of amides is 2. The van der Waals surface area contributed by atoms with Gasteiger partial charge in [-0.25, -0.2) is 5.01 Å². The van der Waals surface area contributed by atoms with Crippen LogP contribution in [0, 0.1) is 0 Å². The van der Waals surface area contributed by atoms with Gasteiger partial charge in [0.1, 0.15) is 5.71 Å². The summed E-state index contributed by atoms with van der Waals surface area (Å²) in [5, 5.41) is 8.33. The highest BCUT2D eigenvalue weighted by Crippen LogP contribution is 2.22. The Morgan fingerprint density at radius 2 is 2.00 bits per heavy atom. The molecule has 0 aliphatic carbocycles. The molecular formula is C17H15BrN4O2. The van der Waals surface area contributed by atoms with Crippen molar-refractivity contribution < 1.29 is 9.59 Å². The van der Waals surface area contributed by atoms with Crippen molar-refractivity contribution in [2.75, 3.05) is 5.01 Å². The molecule has 0 fully saturated rings. The van der Waals surface area contributed by atoms with Crippen LogP contribution < -0.4 is 10.3 Å². The van der Waals surface area contributed by atoms with Crippen LogP contribution in [0.3, 0.4) is 0 Å². The van der Waals surface area contributed by atoms with Gasteiger partial charge >= 0.3 is 0 Å². The van der Waals surface area contributed by atoms with Crippen molar-refractivity contribution in [2.45, 2.75) is 19.4 Å². The number of hydrazone groups is 1. The van der Waals surface area contributed by atoms with Gasteiger partial charge in [-0.2, -0.15) is 5.10 Å². The number of aromatic nitrogens is 1. The Labute approximate surface area is 147 Å². The van der Waals surface area contributed by atoms with Gasteiger partial charge in [0.25, 0.3) is 5.91 Å². The quantitative estimate of drug-likeness (QED) is 0.877. The van der Waals surface area contributed by atoms with Gasteiger partial charge in [0, 0.05) is 36.3 Å². The third kappa shape index (κ3) is 3.86. The standard InChI is InChI=1S/C17H15BrN4O2/c18-13-3-5-14(6-4-13)22-16(23)8-7-15(21-22)17(24)20-11-12-2-1-9-19-10-12/h1-6,9-10H,7-8,11H2,(H,20,24). The normalized spacial score (nSPS) is 14.3. The fraction of sp³-hybridized carbons (Fsp3) is 0.176. The molecule has 3 rings (SSSR count). The third-order valence-electron chi connectivity index (χ3n) is 3.54. The van der Waals surface area contributed by atoms with Crippen LogP contribution in [-0.4, -0.2) is 22.5 Å². The predicted octanol–water partition coefficient (Wildman–Crippen LogP) is 2.64. The Hall–Kier alpha value is -2.54. The molecule has 2 aromatic rings. The molecule has 1 N–H and O–H groups in total. The molecule has 6 nitrogen and oxygen atoms in total. The fourth-order valence-electron chi connectivity index (χ4n) is 2.29. The second-order valence-electron chi connectivity index (χ2n) is 5.27. The molecule has 0 spiro atoms. The second-order valence-corrected chi connectivity index (χ2v) is 6.19. The third-order valence-corrected chi connectivity index (χ3v) is 4.07. The first-order chi connectivity index (χ1) is 11.6. The van der Waals surface area contributed by atoms with E-state index >= 15 is 0 Å². The van der Waals surface area contributed by atoms with Crippen molar-refractivity contribution >= 4 is 39.1 Å². The molecule has 0 saturated heterocycles. The number of hydrogen-bond donors (Lipinski definition) is 1. The molecule has 24 heavy (non-hydrogen) atoms. The van der Waals surface area contributed by atoms with Gasteiger partial charge in [0.05, 0.1) is 5.69 Å². The summed E-state index contributed by atoms with van der Waals surface area (Å²) in [7, 11) is 0. The van der Waals surface area contributed by atoms with Gasteiger partial charge in [0.2, 0.25) is 5.91 Å². The Kier molecular flexibility index (Phi) is 5.00. The number of anilines is 1. The SMILES string of the molecule is O=C(NCc1cccnc1)C1=NN(c2ccc(Br)cc2)C(=O)CC1. The van der Waals surface area contributed by atoms with Crippen molar-refractivity contribution in [1.82, 2.24) is 10.3 Å². The lowest BCUT2D eigenvalue weighted by Crippen LogP contribution is -2.38. The fourth-order valence-corrected chi connectivity index (χ4v) is 2.55. The first-order valence-electron chi connectivity index (χ1n) is 7.46. The number of benzene rings is 1. The molecule has 1 aromatic carbocycles. The molecule has 1 aliphatic heterocycles. The molecule has 1 aliphatic rings. The summed E-state index contributed by atoms with van der Waals surface area (Å²) in [5.74, 6) is -0.394. The van der Waals surface area contributed by atoms with Gasteiger partial charge in [-0.05, 0) is 35.9 Å². The average Bonchev–Trinajstić information content (AvgIpc) is 2.62. The number of rotatable bonds is 4. The summed E-state index contributed by atoms with van der Waals surface area (Å²) in [5.41, 5.74) is 1.89. The van der Waals surface area contributed by atoms with E-state index < -0.39 is 0 Å². The van der Waals surface area contributed by atoms with E-state index in [1.54, 1.807) is 24.5 Å². The van der Waals surface area contributed by atoms with Crippen LogP contribution in [-0.2, 0) is 16.1 Å². The van der Waals surface area contributed by atoms with Crippen LogP contribution >= 0.6 is 15.9 Å². The van der Waals surface area contributed by atoms with Gasteiger partial charge in [-0.15, -0.1) is 0 Å². The molecule has 0 atom stereocenters. The second kappa shape index (κ2) is 7.35. The van der Waals surface area contributed by atoms with Crippen LogP contribution in [0.1, 0.15) is 18.4 Å². The molecule has 0 bridgehead atoms. The zero-order valence-corrected chi connectivity index (χ0v) is 14.4. The Bertz CT molecular complexity index is 775. The van der Waals surface area contributed by atoms with E-state index in [9.17, 15) is 9.59 Å². The molecule has 0 saturated carbocycles. The first kappa shape index (κ1) is 16.3. The Morgan fingerprint density at radius 3 is 2.71 bits per heavy atom. The number of nitrogens with zero attached hydrogens (tertiary/aromatic N) is 3. The highest BCUT2D eigenvalue weighted by Gasteiger charge is 2.25. The minimum Gasteiger partial charge on any atom is -0.347 e. The van der Waals surface area contributed by atoms with E-state index in [2.05, 4.69) is 31.3 Å². The van der Waals surface area contributed by atoms with Crippen molar-refractivity contribution in [3.63, 3.8) is 0 Å². The zero-order chi connectivity index (χ0) is 16.9. The molecule has 7 heteroatoms. The highest BCUT2D eigenvalue weighted by molar-refractivity contribution is 9.10. The monoisotopic (exact) mass is 386 g/mol. The smallest absolute Gasteiger partial charge is 0.267 e. The number of pyridine rings is 1. The summed E-state index contributed by atoms with van der Waals surface area (Å²) in [4.78, 5) is 28.4. The Balaban J connectivity index is 1.72. The largest absolute Gasteiger partial charge is 0.347 e. The van der Waals surface area contributed by atoms with Crippen LogP contribution in [0.2, 0.25) is 0 Å². The van der Waals surface area contributed by atoms with Gasteiger partial charge in [-0.1, -0.05) is 22.0 Å².